The third-order valence-electron chi connectivity index (χ3n) is 3.67. The summed E-state index contributed by atoms with van der Waals surface area (Å²) in [5.74, 6) is 0.629. The van der Waals surface area contributed by atoms with Crippen molar-refractivity contribution in [1.82, 2.24) is 4.72 Å². The number of benzene rings is 2. The summed E-state index contributed by atoms with van der Waals surface area (Å²) in [6, 6.07) is 11.1. The molecule has 0 aromatic heterocycles. The van der Waals surface area contributed by atoms with Crippen molar-refractivity contribution < 1.29 is 22.7 Å². The number of carbonyl (C=O) groups excluding carboxylic acids is 1. The van der Waals surface area contributed by atoms with E-state index in [4.69, 9.17) is 9.47 Å². The molecule has 0 spiro atoms. The molecule has 1 aliphatic rings. The number of carbonyl (C=O) groups is 1. The summed E-state index contributed by atoms with van der Waals surface area (Å²) in [4.78, 5) is 12.6. The van der Waals surface area contributed by atoms with Gasteiger partial charge in [0.1, 0.15) is 18.1 Å². The molecule has 0 unspecified atom stereocenters. The van der Waals surface area contributed by atoms with Crippen molar-refractivity contribution in [3.8, 4) is 11.5 Å². The lowest BCUT2D eigenvalue weighted by atomic mass is 10.1. The average Bonchev–Trinajstić information content (AvgIpc) is 2.59. The van der Waals surface area contributed by atoms with E-state index >= 15 is 0 Å². The monoisotopic (exact) mass is 390 g/mol. The highest BCUT2D eigenvalue weighted by Crippen LogP contribution is 2.31. The Morgan fingerprint density at radius 2 is 1.67 bits per heavy atom. The largest absolute Gasteiger partial charge is 0.486 e. The minimum atomic E-state index is -3.80. The number of rotatable bonds is 4. The molecular weight excluding hydrogens is 368 g/mol. The topological polar surface area (TPSA) is 93.7 Å². The van der Waals surface area contributed by atoms with E-state index in [1.807, 2.05) is 0 Å². The van der Waals surface area contributed by atoms with Gasteiger partial charge in [0.05, 0.1) is 5.69 Å². The molecule has 2 aromatic rings. The lowest BCUT2D eigenvalue weighted by Gasteiger charge is -2.22. The van der Waals surface area contributed by atoms with Gasteiger partial charge in [-0.15, -0.1) is 0 Å². The van der Waals surface area contributed by atoms with Crippen molar-refractivity contribution in [2.75, 3.05) is 18.5 Å². The van der Waals surface area contributed by atoms with Crippen LogP contribution < -0.4 is 19.5 Å². The summed E-state index contributed by atoms with van der Waals surface area (Å²) in [6.07, 6.45) is 0. The Balaban J connectivity index is 1.87. The summed E-state index contributed by atoms with van der Waals surface area (Å²) >= 11 is 0. The van der Waals surface area contributed by atoms with Gasteiger partial charge in [-0.05, 0) is 51.1 Å². The minimum Gasteiger partial charge on any atom is -0.486 e. The molecule has 0 fully saturated rings. The van der Waals surface area contributed by atoms with Gasteiger partial charge in [-0.1, -0.05) is 12.1 Å². The van der Waals surface area contributed by atoms with Gasteiger partial charge in [0, 0.05) is 11.1 Å². The van der Waals surface area contributed by atoms with Crippen LogP contribution in [0.1, 0.15) is 31.1 Å². The predicted octanol–water partition coefficient (Wildman–Crippen LogP) is 2.79. The minimum absolute atomic E-state index is 0.00539. The van der Waals surface area contributed by atoms with E-state index < -0.39 is 21.5 Å². The molecule has 27 heavy (non-hydrogen) atoms. The number of amides is 1. The van der Waals surface area contributed by atoms with Gasteiger partial charge in [-0.25, -0.2) is 13.1 Å². The maximum Gasteiger partial charge on any atom is 0.255 e. The zero-order valence-corrected chi connectivity index (χ0v) is 16.2. The van der Waals surface area contributed by atoms with Crippen LogP contribution in [0.4, 0.5) is 5.69 Å². The van der Waals surface area contributed by atoms with Crippen LogP contribution in [0.2, 0.25) is 0 Å². The van der Waals surface area contributed by atoms with Crippen LogP contribution in [0, 0.1) is 0 Å². The molecular formula is C19H22N2O5S. The molecule has 0 saturated carbocycles. The van der Waals surface area contributed by atoms with E-state index in [0.29, 0.717) is 30.3 Å². The van der Waals surface area contributed by atoms with Crippen molar-refractivity contribution in [3.05, 3.63) is 48.0 Å². The standard InChI is InChI=1S/C19H22N2O5S/c1-19(2,3)21-27(23,24)17-7-5-4-6-14(17)20-18(22)13-8-9-15-16(12-13)26-11-10-25-15/h4-9,12,21H,10-11H2,1-3H3,(H,20,22). The summed E-state index contributed by atoms with van der Waals surface area (Å²) in [5.41, 5.74) is -0.101. The Hall–Kier alpha value is -2.58. The van der Waals surface area contributed by atoms with Crippen molar-refractivity contribution in [2.45, 2.75) is 31.2 Å². The number of para-hydroxylation sites is 1. The lowest BCUT2D eigenvalue weighted by molar-refractivity contribution is 0.102. The van der Waals surface area contributed by atoms with Gasteiger partial charge in [0.25, 0.3) is 5.91 Å². The van der Waals surface area contributed by atoms with Crippen LogP contribution >= 0.6 is 0 Å². The van der Waals surface area contributed by atoms with E-state index in [1.165, 1.54) is 6.07 Å². The first-order valence-corrected chi connectivity index (χ1v) is 9.98. The SMILES string of the molecule is CC(C)(C)NS(=O)(=O)c1ccccc1NC(=O)c1ccc2c(c1)OCCO2. The lowest BCUT2D eigenvalue weighted by Crippen LogP contribution is -2.40. The van der Waals surface area contributed by atoms with Crippen molar-refractivity contribution in [2.24, 2.45) is 0 Å². The number of nitrogens with one attached hydrogen (secondary N) is 2. The van der Waals surface area contributed by atoms with Gasteiger partial charge in [0.2, 0.25) is 10.0 Å². The molecule has 7 nitrogen and oxygen atoms in total. The van der Waals surface area contributed by atoms with Gasteiger partial charge in [-0.3, -0.25) is 4.79 Å². The number of hydrogen-bond donors (Lipinski definition) is 2. The summed E-state index contributed by atoms with van der Waals surface area (Å²) in [7, 11) is -3.80. The second-order valence-electron chi connectivity index (χ2n) is 7.16. The molecule has 8 heteroatoms. The zero-order chi connectivity index (χ0) is 19.7. The Morgan fingerprint density at radius 3 is 2.37 bits per heavy atom. The molecule has 144 valence electrons. The number of sulfonamides is 1. The van der Waals surface area contributed by atoms with Crippen LogP contribution in [0.3, 0.4) is 0 Å². The van der Waals surface area contributed by atoms with E-state index in [0.717, 1.165) is 0 Å². The fourth-order valence-electron chi connectivity index (χ4n) is 2.64. The summed E-state index contributed by atoms with van der Waals surface area (Å²) in [6.45, 7) is 6.13. The third kappa shape index (κ3) is 4.58. The fraction of sp³-hybridized carbons (Fsp3) is 0.316. The Labute approximate surface area is 158 Å². The molecule has 1 aliphatic heterocycles. The summed E-state index contributed by atoms with van der Waals surface area (Å²) in [5, 5.41) is 2.67. The van der Waals surface area contributed by atoms with Crippen molar-refractivity contribution in [3.63, 3.8) is 0 Å². The summed E-state index contributed by atoms with van der Waals surface area (Å²) < 4.78 is 38.9. The maximum atomic E-state index is 12.7. The highest BCUT2D eigenvalue weighted by atomic mass is 32.2. The highest BCUT2D eigenvalue weighted by molar-refractivity contribution is 7.89. The Morgan fingerprint density at radius 1 is 1.00 bits per heavy atom. The van der Waals surface area contributed by atoms with E-state index in [-0.39, 0.29) is 10.6 Å². The first-order chi connectivity index (χ1) is 12.7. The average molecular weight is 390 g/mol. The highest BCUT2D eigenvalue weighted by Gasteiger charge is 2.25. The molecule has 0 bridgehead atoms. The number of ether oxygens (including phenoxy) is 2. The second-order valence-corrected chi connectivity index (χ2v) is 8.82. The molecule has 0 radical (unpaired) electrons. The maximum absolute atomic E-state index is 12.7. The molecule has 0 aliphatic carbocycles. The van der Waals surface area contributed by atoms with Crippen LogP contribution in [0.25, 0.3) is 0 Å². The molecule has 3 rings (SSSR count). The van der Waals surface area contributed by atoms with Gasteiger partial charge < -0.3 is 14.8 Å². The third-order valence-corrected chi connectivity index (χ3v) is 5.49. The van der Waals surface area contributed by atoms with E-state index in [9.17, 15) is 13.2 Å². The number of anilines is 1. The number of hydrogen-bond acceptors (Lipinski definition) is 5. The molecule has 2 aromatic carbocycles. The second kappa shape index (κ2) is 7.21. The fourth-order valence-corrected chi connectivity index (χ4v) is 4.22. The molecule has 1 heterocycles. The molecule has 1 amide bonds. The van der Waals surface area contributed by atoms with Crippen molar-refractivity contribution >= 4 is 21.6 Å². The number of fused-ring (bicyclic) bond motifs is 1. The van der Waals surface area contributed by atoms with Crippen LogP contribution in [-0.2, 0) is 10.0 Å². The zero-order valence-electron chi connectivity index (χ0n) is 15.4. The van der Waals surface area contributed by atoms with Crippen LogP contribution in [-0.4, -0.2) is 33.1 Å². The smallest absolute Gasteiger partial charge is 0.255 e. The molecule has 0 saturated heterocycles. The van der Waals surface area contributed by atoms with Crippen molar-refractivity contribution in [1.29, 1.82) is 0 Å². The predicted molar refractivity (Wildman–Crippen MR) is 102 cm³/mol. The quantitative estimate of drug-likeness (QED) is 0.837. The first kappa shape index (κ1) is 19.2. The molecule has 2 N–H and O–H groups in total. The van der Waals surface area contributed by atoms with Gasteiger partial charge in [-0.2, -0.15) is 0 Å². The van der Waals surface area contributed by atoms with E-state index in [1.54, 1.807) is 57.2 Å². The van der Waals surface area contributed by atoms with Gasteiger partial charge in [0.15, 0.2) is 11.5 Å². The van der Waals surface area contributed by atoms with Crippen LogP contribution in [0.5, 0.6) is 11.5 Å². The van der Waals surface area contributed by atoms with Crippen LogP contribution in [0.15, 0.2) is 47.4 Å². The normalized spacial score (nSPS) is 13.9. The first-order valence-electron chi connectivity index (χ1n) is 8.50. The van der Waals surface area contributed by atoms with E-state index in [2.05, 4.69) is 10.0 Å². The Bertz CT molecular complexity index is 964. The van der Waals surface area contributed by atoms with Gasteiger partial charge >= 0.3 is 0 Å². The Kier molecular flexibility index (Phi) is 5.12. The molecule has 0 atom stereocenters.